The second-order valence-electron chi connectivity index (χ2n) is 15.5. The van der Waals surface area contributed by atoms with Crippen molar-refractivity contribution in [3.63, 3.8) is 0 Å². The Morgan fingerprint density at radius 3 is 1.46 bits per heavy atom. The maximum Gasteiger partial charge on any atom is 0.136 e. The molecular weight excluding hydrogens is 685 g/mol. The molecule has 11 aromatic rings. The van der Waals surface area contributed by atoms with Crippen molar-refractivity contribution in [3.8, 4) is 22.5 Å². The molecule has 0 unspecified atom stereocenters. The average molecular weight is 715 g/mol. The van der Waals surface area contributed by atoms with Gasteiger partial charge in [-0.15, -0.1) is 0 Å². The molecule has 0 saturated heterocycles. The molecular formula is C52H30N2O2. The van der Waals surface area contributed by atoms with E-state index in [4.69, 9.17) is 8.83 Å². The van der Waals surface area contributed by atoms with E-state index in [1.165, 1.54) is 65.1 Å². The molecule has 0 bridgehead atoms. The molecule has 56 heavy (non-hydrogen) atoms. The van der Waals surface area contributed by atoms with Crippen LogP contribution in [-0.4, -0.2) is 9.13 Å². The third kappa shape index (κ3) is 3.60. The van der Waals surface area contributed by atoms with Gasteiger partial charge < -0.3 is 18.0 Å². The molecule has 4 nitrogen and oxygen atoms in total. The quantitative estimate of drug-likeness (QED) is 0.132. The molecule has 4 heteroatoms. The van der Waals surface area contributed by atoms with E-state index < -0.39 is 0 Å². The van der Waals surface area contributed by atoms with Crippen LogP contribution in [0.5, 0.6) is 0 Å². The second kappa shape index (κ2) is 10.3. The summed E-state index contributed by atoms with van der Waals surface area (Å²) < 4.78 is 18.6. The van der Waals surface area contributed by atoms with E-state index in [2.05, 4.69) is 167 Å². The summed E-state index contributed by atoms with van der Waals surface area (Å²) in [5.74, 6) is 0. The largest absolute Gasteiger partial charge is 0.456 e. The monoisotopic (exact) mass is 714 g/mol. The zero-order valence-corrected chi connectivity index (χ0v) is 30.1. The number of hydrogen-bond donors (Lipinski definition) is 0. The van der Waals surface area contributed by atoms with Crippen molar-refractivity contribution >= 4 is 110 Å². The maximum atomic E-state index is 6.90. The lowest BCUT2D eigenvalue weighted by Gasteiger charge is -2.21. The van der Waals surface area contributed by atoms with Crippen LogP contribution >= 0.6 is 0 Å². The molecule has 0 radical (unpaired) electrons. The Morgan fingerprint density at radius 2 is 0.875 bits per heavy atom. The molecule has 260 valence electrons. The first-order valence-electron chi connectivity index (χ1n) is 19.5. The van der Waals surface area contributed by atoms with Crippen LogP contribution in [0.15, 0.2) is 154 Å². The van der Waals surface area contributed by atoms with Crippen molar-refractivity contribution in [1.82, 2.24) is 9.13 Å². The van der Waals surface area contributed by atoms with E-state index in [9.17, 15) is 0 Å². The molecule has 3 aliphatic rings. The van der Waals surface area contributed by atoms with Crippen LogP contribution in [0.4, 0.5) is 0 Å². The van der Waals surface area contributed by atoms with Crippen molar-refractivity contribution in [1.29, 1.82) is 0 Å². The van der Waals surface area contributed by atoms with Gasteiger partial charge in [-0.3, -0.25) is 0 Å². The van der Waals surface area contributed by atoms with Gasteiger partial charge >= 0.3 is 0 Å². The Balaban J connectivity index is 1.04. The third-order valence-electron chi connectivity index (χ3n) is 12.6. The van der Waals surface area contributed by atoms with Crippen LogP contribution in [-0.2, 0) is 0 Å². The zero-order chi connectivity index (χ0) is 36.2. The van der Waals surface area contributed by atoms with Crippen LogP contribution in [0.2, 0.25) is 0 Å². The first kappa shape index (κ1) is 29.1. The van der Waals surface area contributed by atoms with Crippen molar-refractivity contribution < 1.29 is 8.83 Å². The summed E-state index contributed by atoms with van der Waals surface area (Å²) in [6.45, 7) is 0. The predicted octanol–water partition coefficient (Wildman–Crippen LogP) is 12.7. The van der Waals surface area contributed by atoms with E-state index in [-0.39, 0.29) is 0 Å². The van der Waals surface area contributed by atoms with Gasteiger partial charge in [0, 0.05) is 60.0 Å². The van der Waals surface area contributed by atoms with E-state index in [1.807, 2.05) is 0 Å². The number of hydrogen-bond acceptors (Lipinski definition) is 2. The highest BCUT2D eigenvalue weighted by atomic mass is 16.3. The van der Waals surface area contributed by atoms with Gasteiger partial charge in [-0.1, -0.05) is 78.9 Å². The van der Waals surface area contributed by atoms with Gasteiger partial charge in [-0.05, 0) is 124 Å². The van der Waals surface area contributed by atoms with Crippen LogP contribution in [0.1, 0.15) is 12.8 Å². The van der Waals surface area contributed by atoms with Crippen molar-refractivity contribution in [2.75, 3.05) is 0 Å². The molecule has 0 amide bonds. The Bertz CT molecular complexity index is 3890. The SMILES string of the molecule is C1=c2c(n(-c3ccc4cc5oc6ccc7c8cc(-n9c%10ccccc%10c%10ccccc%109)ccc8cc8oc9ccc(c4c3)c5c9-c6c87)c3ccccc23)=CCC1. The second-order valence-corrected chi connectivity index (χ2v) is 15.5. The van der Waals surface area contributed by atoms with Gasteiger partial charge in [0.05, 0.1) is 16.6 Å². The average Bonchev–Trinajstić information content (AvgIpc) is 3.77. The van der Waals surface area contributed by atoms with E-state index in [1.54, 1.807) is 0 Å². The molecule has 0 atom stereocenters. The first-order chi connectivity index (χ1) is 27.8. The summed E-state index contributed by atoms with van der Waals surface area (Å²) in [6.07, 6.45) is 6.93. The molecule has 0 saturated carbocycles. The highest BCUT2D eigenvalue weighted by molar-refractivity contribution is 6.30. The number of rotatable bonds is 2. The van der Waals surface area contributed by atoms with Crippen LogP contribution in [0.25, 0.3) is 133 Å². The molecule has 2 aromatic heterocycles. The fourth-order valence-corrected chi connectivity index (χ4v) is 10.3. The number of benzene rings is 9. The van der Waals surface area contributed by atoms with Crippen molar-refractivity contribution in [2.24, 2.45) is 0 Å². The first-order valence-corrected chi connectivity index (χ1v) is 19.5. The van der Waals surface area contributed by atoms with Gasteiger partial charge in [-0.25, -0.2) is 0 Å². The molecule has 2 aliphatic heterocycles. The Hall–Kier alpha value is -7.30. The zero-order valence-electron chi connectivity index (χ0n) is 30.1. The lowest BCUT2D eigenvalue weighted by molar-refractivity contribution is 0.647. The molecule has 4 heterocycles. The number of nitrogens with zero attached hydrogens (tertiary/aromatic N) is 2. The van der Waals surface area contributed by atoms with E-state index >= 15 is 0 Å². The fourth-order valence-electron chi connectivity index (χ4n) is 10.3. The Labute approximate surface area is 318 Å². The molecule has 14 rings (SSSR count). The van der Waals surface area contributed by atoms with Gasteiger partial charge in [0.2, 0.25) is 0 Å². The molecule has 0 fully saturated rings. The molecule has 0 spiro atoms. The minimum Gasteiger partial charge on any atom is -0.456 e. The topological polar surface area (TPSA) is 36.1 Å². The van der Waals surface area contributed by atoms with Gasteiger partial charge in [-0.2, -0.15) is 0 Å². The van der Waals surface area contributed by atoms with Crippen molar-refractivity contribution in [3.05, 3.63) is 156 Å². The molecule has 0 N–H and O–H groups in total. The van der Waals surface area contributed by atoms with E-state index in [0.717, 1.165) is 78.9 Å². The summed E-state index contributed by atoms with van der Waals surface area (Å²) >= 11 is 0. The van der Waals surface area contributed by atoms with Gasteiger partial charge in [0.1, 0.15) is 22.3 Å². The number of fused-ring (bicyclic) bond motifs is 10. The standard InChI is InChI=1S/C52H30N2O2/c1-5-13-41-33(9-1)34-10-2-6-14-42(34)53(41)31-19-17-29-25-47-49-37(39(29)27-31)21-23-45-51(49)52-46(55-47)24-22-38-40-28-32(20-18-30(40)26-48(56-45)50(38)52)54-43-15-7-3-11-35(43)36-12-4-8-16-44(36)54/h1-3,5-7,9-28H,4,8H2. The van der Waals surface area contributed by atoms with Crippen LogP contribution in [0.3, 0.4) is 0 Å². The molecule has 9 aromatic carbocycles. The Kier molecular flexibility index (Phi) is 5.33. The summed E-state index contributed by atoms with van der Waals surface area (Å²) in [7, 11) is 0. The highest BCUT2D eigenvalue weighted by Gasteiger charge is 2.26. The lowest BCUT2D eigenvalue weighted by Crippen LogP contribution is -2.30. The number of aromatic nitrogens is 2. The van der Waals surface area contributed by atoms with Gasteiger partial charge in [0.25, 0.3) is 0 Å². The summed E-state index contributed by atoms with van der Waals surface area (Å²) in [4.78, 5) is 0. The van der Waals surface area contributed by atoms with E-state index in [0.29, 0.717) is 0 Å². The lowest BCUT2D eigenvalue weighted by atomic mass is 9.87. The normalized spacial score (nSPS) is 13.5. The molecule has 1 aliphatic carbocycles. The summed E-state index contributed by atoms with van der Waals surface area (Å²) in [5.41, 5.74) is 11.7. The summed E-state index contributed by atoms with van der Waals surface area (Å²) in [5, 5.41) is 15.7. The highest BCUT2D eigenvalue weighted by Crippen LogP contribution is 2.50. The smallest absolute Gasteiger partial charge is 0.136 e. The van der Waals surface area contributed by atoms with Crippen LogP contribution < -0.4 is 10.6 Å². The minimum atomic E-state index is 0.869. The van der Waals surface area contributed by atoms with Crippen molar-refractivity contribution in [2.45, 2.75) is 12.8 Å². The van der Waals surface area contributed by atoms with Crippen LogP contribution in [0, 0.1) is 0 Å². The fraction of sp³-hybridized carbons (Fsp3) is 0.0385. The number of para-hydroxylation sites is 3. The minimum absolute atomic E-state index is 0.869. The predicted molar refractivity (Wildman–Crippen MR) is 232 cm³/mol. The Morgan fingerprint density at radius 1 is 0.375 bits per heavy atom. The summed E-state index contributed by atoms with van der Waals surface area (Å²) in [6, 6.07) is 53.1. The van der Waals surface area contributed by atoms with Gasteiger partial charge in [0.15, 0.2) is 0 Å². The third-order valence-corrected chi connectivity index (χ3v) is 12.6. The maximum absolute atomic E-state index is 6.90.